The standard InChI is InChI=1S/C10H10FNO3/c11-8-5-7(6-13)1-2-9(8)15-4-3-10(12)14/h1-2,5-6H,3-4H2,(H2,12,14). The second-order valence-electron chi connectivity index (χ2n) is 2.87. The molecule has 0 saturated carbocycles. The molecule has 0 aliphatic heterocycles. The first-order valence-electron chi connectivity index (χ1n) is 4.29. The Morgan fingerprint density at radius 1 is 1.53 bits per heavy atom. The summed E-state index contributed by atoms with van der Waals surface area (Å²) >= 11 is 0. The molecule has 2 N–H and O–H groups in total. The van der Waals surface area contributed by atoms with Gasteiger partial charge < -0.3 is 10.5 Å². The molecule has 0 bridgehead atoms. The lowest BCUT2D eigenvalue weighted by molar-refractivity contribution is -0.118. The second-order valence-corrected chi connectivity index (χ2v) is 2.87. The molecule has 0 aromatic heterocycles. The lowest BCUT2D eigenvalue weighted by Gasteiger charge is -2.05. The number of aldehydes is 1. The molecule has 1 rings (SSSR count). The largest absolute Gasteiger partial charge is 0.490 e. The van der Waals surface area contributed by atoms with Crippen molar-refractivity contribution >= 4 is 12.2 Å². The molecule has 5 heteroatoms. The molecule has 0 saturated heterocycles. The predicted molar refractivity (Wildman–Crippen MR) is 51.1 cm³/mol. The van der Waals surface area contributed by atoms with Crippen molar-refractivity contribution in [1.29, 1.82) is 0 Å². The van der Waals surface area contributed by atoms with E-state index >= 15 is 0 Å². The number of ether oxygens (including phenoxy) is 1. The highest BCUT2D eigenvalue weighted by molar-refractivity contribution is 5.75. The molecule has 1 amide bonds. The van der Waals surface area contributed by atoms with E-state index < -0.39 is 11.7 Å². The summed E-state index contributed by atoms with van der Waals surface area (Å²) < 4.78 is 18.1. The molecule has 0 unspecified atom stereocenters. The van der Waals surface area contributed by atoms with Gasteiger partial charge in [0.15, 0.2) is 11.6 Å². The molecule has 1 aromatic carbocycles. The van der Waals surface area contributed by atoms with Gasteiger partial charge in [0.2, 0.25) is 5.91 Å². The van der Waals surface area contributed by atoms with Gasteiger partial charge in [0, 0.05) is 5.56 Å². The van der Waals surface area contributed by atoms with Crippen LogP contribution in [0.1, 0.15) is 16.8 Å². The average molecular weight is 211 g/mol. The summed E-state index contributed by atoms with van der Waals surface area (Å²) in [4.78, 5) is 20.7. The maximum absolute atomic E-state index is 13.2. The molecule has 4 nitrogen and oxygen atoms in total. The quantitative estimate of drug-likeness (QED) is 0.735. The van der Waals surface area contributed by atoms with Crippen LogP contribution in [0.25, 0.3) is 0 Å². The van der Waals surface area contributed by atoms with Crippen molar-refractivity contribution < 1.29 is 18.7 Å². The van der Waals surface area contributed by atoms with E-state index in [-0.39, 0.29) is 24.3 Å². The summed E-state index contributed by atoms with van der Waals surface area (Å²) in [6.45, 7) is 0.0205. The normalized spacial score (nSPS) is 9.67. The van der Waals surface area contributed by atoms with Gasteiger partial charge in [0.05, 0.1) is 13.0 Å². The van der Waals surface area contributed by atoms with Gasteiger partial charge in [-0.3, -0.25) is 9.59 Å². The highest BCUT2D eigenvalue weighted by Crippen LogP contribution is 2.17. The maximum atomic E-state index is 13.2. The van der Waals surface area contributed by atoms with Crippen molar-refractivity contribution in [3.63, 3.8) is 0 Å². The fourth-order valence-corrected chi connectivity index (χ4v) is 0.969. The zero-order valence-electron chi connectivity index (χ0n) is 7.90. The van der Waals surface area contributed by atoms with Gasteiger partial charge in [-0.1, -0.05) is 0 Å². The summed E-state index contributed by atoms with van der Waals surface area (Å²) in [6.07, 6.45) is 0.561. The molecule has 0 spiro atoms. The van der Waals surface area contributed by atoms with Crippen molar-refractivity contribution in [3.8, 4) is 5.75 Å². The second kappa shape index (κ2) is 5.09. The van der Waals surface area contributed by atoms with Gasteiger partial charge in [-0.2, -0.15) is 0 Å². The molecule has 1 aromatic rings. The van der Waals surface area contributed by atoms with Crippen molar-refractivity contribution in [2.24, 2.45) is 5.73 Å². The summed E-state index contributed by atoms with van der Waals surface area (Å²) in [6, 6.07) is 3.82. The zero-order valence-corrected chi connectivity index (χ0v) is 7.90. The maximum Gasteiger partial charge on any atom is 0.220 e. The van der Waals surface area contributed by atoms with E-state index in [2.05, 4.69) is 0 Å². The summed E-state index contributed by atoms with van der Waals surface area (Å²) in [5.41, 5.74) is 5.11. The van der Waals surface area contributed by atoms with Gasteiger partial charge >= 0.3 is 0 Å². The van der Waals surface area contributed by atoms with Gasteiger partial charge in [0.1, 0.15) is 6.29 Å². The zero-order chi connectivity index (χ0) is 11.3. The van der Waals surface area contributed by atoms with Crippen LogP contribution in [0, 0.1) is 5.82 Å². The predicted octanol–water partition coefficient (Wildman–Crippen LogP) is 0.892. The van der Waals surface area contributed by atoms with Gasteiger partial charge in [-0.25, -0.2) is 4.39 Å². The molecule has 0 heterocycles. The number of hydrogen-bond donors (Lipinski definition) is 1. The van der Waals surface area contributed by atoms with Crippen LogP contribution in [0.15, 0.2) is 18.2 Å². The first-order valence-corrected chi connectivity index (χ1v) is 4.29. The fraction of sp³-hybridized carbons (Fsp3) is 0.200. The third kappa shape index (κ3) is 3.38. The highest BCUT2D eigenvalue weighted by Gasteiger charge is 2.04. The minimum Gasteiger partial charge on any atom is -0.490 e. The smallest absolute Gasteiger partial charge is 0.220 e. The van der Waals surface area contributed by atoms with Crippen LogP contribution in [0.2, 0.25) is 0 Å². The monoisotopic (exact) mass is 211 g/mol. The van der Waals surface area contributed by atoms with Crippen molar-refractivity contribution in [3.05, 3.63) is 29.6 Å². The van der Waals surface area contributed by atoms with E-state index in [1.54, 1.807) is 0 Å². The number of carbonyl (C=O) groups excluding carboxylic acids is 2. The van der Waals surface area contributed by atoms with Crippen molar-refractivity contribution in [1.82, 2.24) is 0 Å². The van der Waals surface area contributed by atoms with E-state index in [0.717, 1.165) is 6.07 Å². The third-order valence-corrected chi connectivity index (χ3v) is 1.70. The topological polar surface area (TPSA) is 69.4 Å². The van der Waals surface area contributed by atoms with Gasteiger partial charge in [-0.05, 0) is 18.2 Å². The van der Waals surface area contributed by atoms with Gasteiger partial charge in [-0.15, -0.1) is 0 Å². The van der Waals surface area contributed by atoms with Gasteiger partial charge in [0.25, 0.3) is 0 Å². The first kappa shape index (κ1) is 11.2. The van der Waals surface area contributed by atoms with Crippen LogP contribution in [-0.2, 0) is 4.79 Å². The minimum atomic E-state index is -0.635. The average Bonchev–Trinajstić information content (AvgIpc) is 2.20. The van der Waals surface area contributed by atoms with E-state index in [1.807, 2.05) is 0 Å². The summed E-state index contributed by atoms with van der Waals surface area (Å²) in [5, 5.41) is 0. The lowest BCUT2D eigenvalue weighted by atomic mass is 10.2. The van der Waals surface area contributed by atoms with Crippen LogP contribution in [0.3, 0.4) is 0 Å². The highest BCUT2D eigenvalue weighted by atomic mass is 19.1. The number of amides is 1. The Hall–Kier alpha value is -1.91. The van der Waals surface area contributed by atoms with Crippen LogP contribution in [0.4, 0.5) is 4.39 Å². The van der Waals surface area contributed by atoms with E-state index in [9.17, 15) is 14.0 Å². The Kier molecular flexibility index (Phi) is 3.79. The number of halogens is 1. The van der Waals surface area contributed by atoms with E-state index in [1.165, 1.54) is 12.1 Å². The first-order chi connectivity index (χ1) is 7.13. The number of nitrogens with two attached hydrogens (primary N) is 1. The number of hydrogen-bond acceptors (Lipinski definition) is 3. The molecule has 0 aliphatic carbocycles. The van der Waals surface area contributed by atoms with E-state index in [0.29, 0.717) is 6.29 Å². The number of carbonyl (C=O) groups is 2. The molecular weight excluding hydrogens is 201 g/mol. The molecule has 0 aliphatic rings. The summed E-state index contributed by atoms with van der Waals surface area (Å²) in [7, 11) is 0. The minimum absolute atomic E-state index is 0.00171. The number of rotatable bonds is 5. The van der Waals surface area contributed by atoms with Crippen molar-refractivity contribution in [2.75, 3.05) is 6.61 Å². The molecule has 0 fully saturated rings. The fourth-order valence-electron chi connectivity index (χ4n) is 0.969. The molecule has 0 atom stereocenters. The lowest BCUT2D eigenvalue weighted by Crippen LogP contribution is -2.14. The number of primary amides is 1. The Bertz CT molecular complexity index is 379. The molecule has 80 valence electrons. The Balaban J connectivity index is 2.62. The Morgan fingerprint density at radius 2 is 2.27 bits per heavy atom. The van der Waals surface area contributed by atoms with Crippen molar-refractivity contribution in [2.45, 2.75) is 6.42 Å². The third-order valence-electron chi connectivity index (χ3n) is 1.70. The van der Waals surface area contributed by atoms with Crippen LogP contribution >= 0.6 is 0 Å². The van der Waals surface area contributed by atoms with Crippen LogP contribution in [-0.4, -0.2) is 18.8 Å². The van der Waals surface area contributed by atoms with Crippen LogP contribution < -0.4 is 10.5 Å². The number of benzene rings is 1. The molecule has 15 heavy (non-hydrogen) atoms. The summed E-state index contributed by atoms with van der Waals surface area (Å²) in [5.74, 6) is -1.15. The Labute approximate surface area is 85.8 Å². The Morgan fingerprint density at radius 3 is 2.80 bits per heavy atom. The SMILES string of the molecule is NC(=O)CCOc1ccc(C=O)cc1F. The van der Waals surface area contributed by atoms with Crippen LogP contribution in [0.5, 0.6) is 5.75 Å². The van der Waals surface area contributed by atoms with E-state index in [4.69, 9.17) is 10.5 Å². The molecular formula is C10H10FNO3. The molecule has 0 radical (unpaired) electrons.